The van der Waals surface area contributed by atoms with Gasteiger partial charge in [0.25, 0.3) is 0 Å². The highest BCUT2D eigenvalue weighted by molar-refractivity contribution is 5.82. The third-order valence-corrected chi connectivity index (χ3v) is 5.64. The highest BCUT2D eigenvalue weighted by Gasteiger charge is 2.15. The number of anilines is 2. The molecule has 8 heteroatoms. The number of hydrogen-bond donors (Lipinski definition) is 0. The molecule has 0 aliphatic rings. The van der Waals surface area contributed by atoms with Gasteiger partial charge in [0.1, 0.15) is 11.5 Å². The van der Waals surface area contributed by atoms with E-state index in [1.165, 1.54) is 0 Å². The van der Waals surface area contributed by atoms with Crippen LogP contribution in [0.3, 0.4) is 0 Å². The average Bonchev–Trinajstić information content (AvgIpc) is 3.36. The zero-order valence-electron chi connectivity index (χ0n) is 20.4. The fourth-order valence-corrected chi connectivity index (χ4v) is 3.78. The van der Waals surface area contributed by atoms with Gasteiger partial charge in [0.05, 0.1) is 43.3 Å². The maximum atomic E-state index is 5.50. The Morgan fingerprint density at radius 2 is 1.68 bits per heavy atom. The second-order valence-corrected chi connectivity index (χ2v) is 8.30. The summed E-state index contributed by atoms with van der Waals surface area (Å²) in [5.41, 5.74) is 5.37. The number of rotatable bonds is 10. The Balaban J connectivity index is 1.75. The molecule has 4 rings (SSSR count). The monoisotopic (exact) mass is 461 g/mol. The van der Waals surface area contributed by atoms with Gasteiger partial charge in [0.15, 0.2) is 0 Å². The zero-order chi connectivity index (χ0) is 24.1. The maximum Gasteiger partial charge on any atom is 0.124 e. The predicted molar refractivity (Wildman–Crippen MR) is 134 cm³/mol. The minimum atomic E-state index is 0.286. The predicted octanol–water partition coefficient (Wildman–Crippen LogP) is 5.27. The molecule has 2 aromatic heterocycles. The van der Waals surface area contributed by atoms with E-state index in [9.17, 15) is 0 Å². The molecule has 0 bridgehead atoms. The number of methoxy groups -OCH3 is 3. The highest BCUT2D eigenvalue weighted by atomic mass is 16.5. The van der Waals surface area contributed by atoms with E-state index in [-0.39, 0.29) is 6.04 Å². The van der Waals surface area contributed by atoms with E-state index < -0.39 is 0 Å². The van der Waals surface area contributed by atoms with Crippen LogP contribution in [-0.4, -0.2) is 54.2 Å². The van der Waals surface area contributed by atoms with Gasteiger partial charge < -0.3 is 19.1 Å². The van der Waals surface area contributed by atoms with Crippen LogP contribution in [0.5, 0.6) is 11.5 Å². The van der Waals surface area contributed by atoms with Crippen LogP contribution in [0.25, 0.3) is 22.3 Å². The van der Waals surface area contributed by atoms with Crippen molar-refractivity contribution in [2.75, 3.05) is 39.4 Å². The molecule has 0 radical (unpaired) electrons. The summed E-state index contributed by atoms with van der Waals surface area (Å²) in [6.45, 7) is 5.61. The first kappa shape index (κ1) is 23.5. The van der Waals surface area contributed by atoms with E-state index in [0.717, 1.165) is 58.1 Å². The Morgan fingerprint density at radius 3 is 2.32 bits per heavy atom. The molecule has 8 nitrogen and oxygen atoms in total. The maximum absolute atomic E-state index is 5.50. The first-order valence-electron chi connectivity index (χ1n) is 11.3. The summed E-state index contributed by atoms with van der Waals surface area (Å²) in [5, 5.41) is 4.44. The average molecular weight is 462 g/mol. The van der Waals surface area contributed by atoms with E-state index in [1.807, 2.05) is 41.3 Å². The van der Waals surface area contributed by atoms with Gasteiger partial charge in [-0.25, -0.2) is 4.98 Å². The Bertz CT molecular complexity index is 1230. The van der Waals surface area contributed by atoms with Gasteiger partial charge in [0, 0.05) is 67.6 Å². The Kier molecular flexibility index (Phi) is 7.27. The van der Waals surface area contributed by atoms with Crippen molar-refractivity contribution >= 4 is 22.4 Å². The van der Waals surface area contributed by atoms with E-state index in [4.69, 9.17) is 19.2 Å². The van der Waals surface area contributed by atoms with Gasteiger partial charge in [-0.1, -0.05) is 0 Å². The molecular formula is C26H31N5O3. The van der Waals surface area contributed by atoms with E-state index >= 15 is 0 Å². The molecule has 2 aromatic carbocycles. The molecule has 4 aromatic rings. The summed E-state index contributed by atoms with van der Waals surface area (Å²) in [4.78, 5) is 11.8. The van der Waals surface area contributed by atoms with Crippen molar-refractivity contribution in [3.8, 4) is 22.8 Å². The van der Waals surface area contributed by atoms with Crippen LogP contribution in [0.2, 0.25) is 0 Å². The Labute approximate surface area is 200 Å². The number of benzene rings is 2. The lowest BCUT2D eigenvalue weighted by molar-refractivity contribution is 0.196. The third kappa shape index (κ3) is 5.12. The fraction of sp³-hybridized carbons (Fsp3) is 0.346. The molecule has 0 aliphatic heterocycles. The standard InChI is InChI=1S/C26H31N5O3/c1-18(2)31-17-19(15-28-31)26-16-27-24-8-7-20(13-25(24)29-26)30(9-6-10-32-3)21-11-22(33-4)14-23(12-21)34-5/h7-8,11-18H,6,9-10H2,1-5H3. The minimum Gasteiger partial charge on any atom is -0.497 e. The Morgan fingerprint density at radius 1 is 0.912 bits per heavy atom. The normalized spacial score (nSPS) is 11.2. The summed E-state index contributed by atoms with van der Waals surface area (Å²) in [5.74, 6) is 1.47. The summed E-state index contributed by atoms with van der Waals surface area (Å²) in [7, 11) is 5.03. The van der Waals surface area contributed by atoms with Crippen molar-refractivity contribution in [1.29, 1.82) is 0 Å². The zero-order valence-corrected chi connectivity index (χ0v) is 20.4. The first-order valence-corrected chi connectivity index (χ1v) is 11.3. The second-order valence-electron chi connectivity index (χ2n) is 8.30. The lowest BCUT2D eigenvalue weighted by atomic mass is 10.1. The van der Waals surface area contributed by atoms with Gasteiger partial charge >= 0.3 is 0 Å². The number of hydrogen-bond acceptors (Lipinski definition) is 7. The van der Waals surface area contributed by atoms with Gasteiger partial charge in [-0.2, -0.15) is 5.10 Å². The molecule has 0 aliphatic carbocycles. The van der Waals surface area contributed by atoms with Crippen LogP contribution in [0, 0.1) is 0 Å². The van der Waals surface area contributed by atoms with E-state index in [2.05, 4.69) is 41.0 Å². The highest BCUT2D eigenvalue weighted by Crippen LogP contribution is 2.34. The number of nitrogens with zero attached hydrogens (tertiary/aromatic N) is 5. The quantitative estimate of drug-likeness (QED) is 0.298. The fourth-order valence-electron chi connectivity index (χ4n) is 3.78. The minimum absolute atomic E-state index is 0.286. The molecule has 0 unspecified atom stereocenters. The molecule has 0 N–H and O–H groups in total. The van der Waals surface area contributed by atoms with Crippen molar-refractivity contribution in [3.63, 3.8) is 0 Å². The van der Waals surface area contributed by atoms with Gasteiger partial charge in [-0.15, -0.1) is 0 Å². The number of fused-ring (bicyclic) bond motifs is 1. The molecule has 2 heterocycles. The van der Waals surface area contributed by atoms with Crippen LogP contribution < -0.4 is 14.4 Å². The van der Waals surface area contributed by atoms with Gasteiger partial charge in [-0.05, 0) is 38.5 Å². The molecule has 0 amide bonds. The molecule has 0 fully saturated rings. The number of aromatic nitrogens is 4. The van der Waals surface area contributed by atoms with E-state index in [0.29, 0.717) is 6.61 Å². The van der Waals surface area contributed by atoms with E-state index in [1.54, 1.807) is 27.5 Å². The van der Waals surface area contributed by atoms with Crippen molar-refractivity contribution in [2.45, 2.75) is 26.3 Å². The van der Waals surface area contributed by atoms with Crippen LogP contribution in [0.15, 0.2) is 55.0 Å². The second kappa shape index (κ2) is 10.5. The molecule has 34 heavy (non-hydrogen) atoms. The van der Waals surface area contributed by atoms with Gasteiger partial charge in [0.2, 0.25) is 0 Å². The van der Waals surface area contributed by atoms with Crippen LogP contribution >= 0.6 is 0 Å². The third-order valence-electron chi connectivity index (χ3n) is 5.64. The summed E-state index contributed by atoms with van der Waals surface area (Å²) in [6, 6.07) is 12.3. The van der Waals surface area contributed by atoms with Crippen molar-refractivity contribution in [3.05, 3.63) is 55.0 Å². The summed E-state index contributed by atoms with van der Waals surface area (Å²) >= 11 is 0. The Hall–Kier alpha value is -3.65. The molecule has 0 spiro atoms. The molecule has 0 atom stereocenters. The smallest absolute Gasteiger partial charge is 0.124 e. The number of ether oxygens (including phenoxy) is 3. The van der Waals surface area contributed by atoms with Crippen LogP contribution in [0.4, 0.5) is 11.4 Å². The molecular weight excluding hydrogens is 430 g/mol. The molecule has 0 saturated carbocycles. The molecule has 0 saturated heterocycles. The summed E-state index contributed by atoms with van der Waals surface area (Å²) < 4.78 is 18.2. The largest absolute Gasteiger partial charge is 0.497 e. The summed E-state index contributed by atoms with van der Waals surface area (Å²) in [6.07, 6.45) is 6.49. The van der Waals surface area contributed by atoms with Crippen LogP contribution in [-0.2, 0) is 4.74 Å². The van der Waals surface area contributed by atoms with Crippen molar-refractivity contribution in [2.24, 2.45) is 0 Å². The van der Waals surface area contributed by atoms with Crippen molar-refractivity contribution in [1.82, 2.24) is 19.7 Å². The SMILES string of the molecule is COCCCN(c1cc(OC)cc(OC)c1)c1ccc2ncc(-c3cnn(C(C)C)c3)nc2c1. The first-order chi connectivity index (χ1) is 16.5. The van der Waals surface area contributed by atoms with Crippen molar-refractivity contribution < 1.29 is 14.2 Å². The van der Waals surface area contributed by atoms with Gasteiger partial charge in [-0.3, -0.25) is 9.67 Å². The topological polar surface area (TPSA) is 74.5 Å². The lowest BCUT2D eigenvalue weighted by Gasteiger charge is -2.26. The lowest BCUT2D eigenvalue weighted by Crippen LogP contribution is -2.20. The van der Waals surface area contributed by atoms with Crippen LogP contribution in [0.1, 0.15) is 26.3 Å². The molecule has 178 valence electrons.